The molecule has 0 bridgehead atoms. The first-order valence-corrected chi connectivity index (χ1v) is 23.2. The van der Waals surface area contributed by atoms with E-state index in [1.54, 1.807) is 72.1 Å². The van der Waals surface area contributed by atoms with Gasteiger partial charge in [-0.3, -0.25) is 38.5 Å². The third kappa shape index (κ3) is 16.3. The third-order valence-corrected chi connectivity index (χ3v) is 11.6. The van der Waals surface area contributed by atoms with Gasteiger partial charge in [0.1, 0.15) is 29.4 Å². The van der Waals surface area contributed by atoms with Crippen LogP contribution in [0.1, 0.15) is 115 Å². The molecule has 1 saturated heterocycles. The highest BCUT2D eigenvalue weighted by Crippen LogP contribution is 2.28. The van der Waals surface area contributed by atoms with Crippen molar-refractivity contribution in [2.45, 2.75) is 135 Å². The Morgan fingerprint density at radius 1 is 0.881 bits per heavy atom. The summed E-state index contributed by atoms with van der Waals surface area (Å²) in [5, 5.41) is 27.6. The van der Waals surface area contributed by atoms with Gasteiger partial charge in [0.05, 0.1) is 30.7 Å². The second-order valence-electron chi connectivity index (χ2n) is 18.9. The Kier molecular flexibility index (Phi) is 20.0. The molecule has 1 aliphatic carbocycles. The maximum Gasteiger partial charge on any atom is 0.410 e. The van der Waals surface area contributed by atoms with E-state index < -0.39 is 102 Å². The summed E-state index contributed by atoms with van der Waals surface area (Å²) < 4.78 is 5.61. The van der Waals surface area contributed by atoms with Crippen molar-refractivity contribution in [2.24, 2.45) is 17.8 Å². The average Bonchev–Trinajstić information content (AvgIpc) is 3.72. The van der Waals surface area contributed by atoms with Crippen LogP contribution in [0.25, 0.3) is 0 Å². The lowest BCUT2D eigenvalue weighted by atomic mass is 9.83. The summed E-state index contributed by atoms with van der Waals surface area (Å²) in [5.74, 6) is -5.86. The summed E-state index contributed by atoms with van der Waals surface area (Å²) in [6.45, 7) is 9.70. The molecule has 8 amide bonds. The maximum absolute atomic E-state index is 14.3. The van der Waals surface area contributed by atoms with Crippen LogP contribution in [0.4, 0.5) is 4.79 Å². The van der Waals surface area contributed by atoms with Crippen LogP contribution in [0.2, 0.25) is 0 Å². The smallest absolute Gasteiger partial charge is 0.410 e. The molecule has 1 saturated carbocycles. The van der Waals surface area contributed by atoms with Crippen molar-refractivity contribution in [3.8, 4) is 0 Å². The predicted octanol–water partition coefficient (Wildman–Crippen LogP) is 1.75. The SMILES string of the molecule is CCC[C@H](NC(=O)C1CN(C(=O)OC(C)(C)C)CC1NC(=O)[C@H](CC(C)C)NC(=O)[C@@H](NC(=O)c1cnccn1)C1CCCCC1)C(O)C(=O)NCC(=O)N[C@H](C(=O)N(C)C)c1ccccc1. The van der Waals surface area contributed by atoms with Crippen molar-refractivity contribution in [2.75, 3.05) is 33.7 Å². The number of aromatic nitrogens is 2. The number of hydrogen-bond donors (Lipinski definition) is 7. The van der Waals surface area contributed by atoms with E-state index in [2.05, 4.69) is 41.9 Å². The number of benzene rings is 1. The van der Waals surface area contributed by atoms with Crippen molar-refractivity contribution in [3.63, 3.8) is 0 Å². The van der Waals surface area contributed by atoms with Gasteiger partial charge in [-0.2, -0.15) is 0 Å². The van der Waals surface area contributed by atoms with E-state index in [1.165, 1.54) is 28.4 Å². The van der Waals surface area contributed by atoms with Gasteiger partial charge in [-0.25, -0.2) is 9.78 Å². The van der Waals surface area contributed by atoms with Crippen molar-refractivity contribution in [1.29, 1.82) is 0 Å². The summed E-state index contributed by atoms with van der Waals surface area (Å²) in [7, 11) is 3.10. The van der Waals surface area contributed by atoms with Crippen molar-refractivity contribution < 1.29 is 48.2 Å². The van der Waals surface area contributed by atoms with E-state index in [9.17, 15) is 43.5 Å². The molecular formula is C47H70N10O10. The number of carbonyl (C=O) groups excluding carboxylic acids is 8. The number of rotatable bonds is 20. The van der Waals surface area contributed by atoms with Crippen LogP contribution < -0.4 is 31.9 Å². The van der Waals surface area contributed by atoms with Crippen LogP contribution >= 0.6 is 0 Å². The molecule has 2 fully saturated rings. The molecule has 7 atom stereocenters. The highest BCUT2D eigenvalue weighted by atomic mass is 16.6. The first-order chi connectivity index (χ1) is 31.7. The van der Waals surface area contributed by atoms with E-state index in [4.69, 9.17) is 4.74 Å². The van der Waals surface area contributed by atoms with E-state index in [0.29, 0.717) is 24.8 Å². The van der Waals surface area contributed by atoms with Gasteiger partial charge in [0.2, 0.25) is 29.5 Å². The monoisotopic (exact) mass is 935 g/mol. The van der Waals surface area contributed by atoms with Crippen LogP contribution in [0.15, 0.2) is 48.9 Å². The molecule has 20 nitrogen and oxygen atoms in total. The van der Waals surface area contributed by atoms with Gasteiger partial charge in [0.25, 0.3) is 11.8 Å². The van der Waals surface area contributed by atoms with Gasteiger partial charge in [0.15, 0.2) is 6.10 Å². The number of amides is 8. The molecular weight excluding hydrogens is 865 g/mol. The molecule has 3 unspecified atom stereocenters. The second kappa shape index (κ2) is 25.1. The van der Waals surface area contributed by atoms with Gasteiger partial charge < -0.3 is 51.5 Å². The zero-order valence-corrected chi connectivity index (χ0v) is 40.0. The van der Waals surface area contributed by atoms with Crippen molar-refractivity contribution in [3.05, 3.63) is 60.2 Å². The van der Waals surface area contributed by atoms with Gasteiger partial charge in [0, 0.05) is 39.6 Å². The molecule has 368 valence electrons. The van der Waals surface area contributed by atoms with Crippen molar-refractivity contribution >= 4 is 47.4 Å². The third-order valence-electron chi connectivity index (χ3n) is 11.6. The number of aliphatic hydroxyl groups is 1. The first kappa shape index (κ1) is 53.4. The fourth-order valence-corrected chi connectivity index (χ4v) is 8.20. The lowest BCUT2D eigenvalue weighted by Gasteiger charge is -2.32. The standard InChI is InChI=1S/C47H70N10O10/c1-9-16-32(39(59)44(64)50-25-36(58)54-38(45(65)56(7)8)30-19-14-11-15-20-30)51-40(60)31-26-57(46(66)67-47(4,5)6)27-35(31)53-41(61)33(23-28(2)3)52-43(63)37(29-17-12-10-13-18-29)55-42(62)34-24-48-21-22-49-34/h11,14-15,19-22,24,28-29,31-33,35,37-39,59H,9-10,12-13,16-18,23,25-27H2,1-8H3,(H,50,64)(H,51,60)(H,52,63)(H,53,61)(H,54,58)(H,55,62)/t31?,32-,33-,35?,37-,38-,39?/m0/s1. The predicted molar refractivity (Wildman–Crippen MR) is 246 cm³/mol. The fourth-order valence-electron chi connectivity index (χ4n) is 8.20. The molecule has 0 radical (unpaired) electrons. The summed E-state index contributed by atoms with van der Waals surface area (Å²) in [6, 6.07) is 3.31. The molecule has 67 heavy (non-hydrogen) atoms. The number of nitrogens with one attached hydrogen (secondary N) is 6. The van der Waals surface area contributed by atoms with E-state index in [0.717, 1.165) is 19.3 Å². The second-order valence-corrected chi connectivity index (χ2v) is 18.9. The number of hydrogen-bond acceptors (Lipinski definition) is 12. The molecule has 2 aromatic rings. The molecule has 1 aromatic carbocycles. The molecule has 20 heteroatoms. The van der Waals surface area contributed by atoms with E-state index in [1.807, 2.05) is 13.8 Å². The highest BCUT2D eigenvalue weighted by Gasteiger charge is 2.44. The minimum atomic E-state index is -1.82. The van der Waals surface area contributed by atoms with Gasteiger partial charge in [-0.1, -0.05) is 76.8 Å². The van der Waals surface area contributed by atoms with Crippen LogP contribution in [-0.4, -0.2) is 142 Å². The number of carbonyl (C=O) groups is 8. The summed E-state index contributed by atoms with van der Waals surface area (Å²) in [5.41, 5.74) is -0.315. The molecule has 7 N–H and O–H groups in total. The lowest BCUT2D eigenvalue weighted by molar-refractivity contribution is -0.136. The van der Waals surface area contributed by atoms with Crippen LogP contribution in [0.5, 0.6) is 0 Å². The number of nitrogens with zero attached hydrogens (tertiary/aromatic N) is 4. The molecule has 2 aliphatic rings. The number of likely N-dealkylation sites (N-methyl/N-ethyl adjacent to an activating group) is 1. The molecule has 1 aliphatic heterocycles. The average molecular weight is 935 g/mol. The van der Waals surface area contributed by atoms with Crippen molar-refractivity contribution in [1.82, 2.24) is 51.7 Å². The van der Waals surface area contributed by atoms with Gasteiger partial charge in [-0.15, -0.1) is 0 Å². The number of aliphatic hydroxyl groups excluding tert-OH is 1. The Labute approximate surface area is 392 Å². The Bertz CT molecular complexity index is 2010. The Balaban J connectivity index is 1.50. The quantitative estimate of drug-likeness (QED) is 0.100. The van der Waals surface area contributed by atoms with Crippen LogP contribution in [-0.2, 0) is 33.5 Å². The van der Waals surface area contributed by atoms with Crippen LogP contribution in [0.3, 0.4) is 0 Å². The van der Waals surface area contributed by atoms with Gasteiger partial charge in [-0.05, 0) is 63.9 Å². The molecule has 1 aromatic heterocycles. The summed E-state index contributed by atoms with van der Waals surface area (Å²) in [4.78, 5) is 119. The molecule has 2 heterocycles. The largest absolute Gasteiger partial charge is 0.444 e. The molecule has 4 rings (SSSR count). The zero-order valence-electron chi connectivity index (χ0n) is 40.0. The maximum atomic E-state index is 14.3. The Morgan fingerprint density at radius 3 is 2.16 bits per heavy atom. The Hall–Kier alpha value is -6.18. The fraction of sp³-hybridized carbons (Fsp3) is 0.617. The highest BCUT2D eigenvalue weighted by molar-refractivity contribution is 5.97. The number of ether oxygens (including phenoxy) is 1. The minimum absolute atomic E-state index is 0.0384. The molecule has 0 spiro atoms. The van der Waals surface area contributed by atoms with Gasteiger partial charge >= 0.3 is 6.09 Å². The number of likely N-dealkylation sites (tertiary alicyclic amines) is 1. The van der Waals surface area contributed by atoms with E-state index >= 15 is 0 Å². The Morgan fingerprint density at radius 2 is 1.57 bits per heavy atom. The summed E-state index contributed by atoms with van der Waals surface area (Å²) >= 11 is 0. The zero-order chi connectivity index (χ0) is 49.4. The van der Waals surface area contributed by atoms with Crippen LogP contribution in [0, 0.1) is 17.8 Å². The minimum Gasteiger partial charge on any atom is -0.444 e. The topological polar surface area (TPSA) is 270 Å². The lowest BCUT2D eigenvalue weighted by Crippen LogP contribution is -2.59. The normalized spacial score (nSPS) is 18.6. The summed E-state index contributed by atoms with van der Waals surface area (Å²) in [6.07, 6.45) is 6.45. The first-order valence-electron chi connectivity index (χ1n) is 23.2. The van der Waals surface area contributed by atoms with E-state index in [-0.39, 0.29) is 43.5 Å².